The maximum atomic E-state index is 11.9. The van der Waals surface area contributed by atoms with Gasteiger partial charge in [0, 0.05) is 6.54 Å². The molecule has 0 aliphatic carbocycles. The second-order valence-corrected chi connectivity index (χ2v) is 6.14. The van der Waals surface area contributed by atoms with Crippen LogP contribution in [0.4, 0.5) is 0 Å². The number of nitrogens with zero attached hydrogens (tertiary/aromatic N) is 1. The second-order valence-electron chi connectivity index (χ2n) is 4.03. The number of hydrogen-bond donors (Lipinski definition) is 2. The van der Waals surface area contributed by atoms with E-state index < -0.39 is 21.8 Å². The molecule has 0 aromatic heterocycles. The fraction of sp³-hybridized carbons (Fsp3) is 0.333. The highest BCUT2D eigenvalue weighted by Crippen LogP contribution is 2.11. The molecule has 3 N–H and O–H groups in total. The number of carbonyl (C=O) groups is 1. The van der Waals surface area contributed by atoms with Gasteiger partial charge < -0.3 is 11.1 Å². The van der Waals surface area contributed by atoms with Gasteiger partial charge in [-0.05, 0) is 31.2 Å². The van der Waals surface area contributed by atoms with Crippen molar-refractivity contribution >= 4 is 15.7 Å². The highest BCUT2D eigenvalue weighted by atomic mass is 32.2. The topological polar surface area (TPSA) is 113 Å². The number of carbonyl (C=O) groups excluding carboxylic acids is 1. The Morgan fingerprint density at radius 3 is 2.47 bits per heavy atom. The monoisotopic (exact) mass is 281 g/mol. The summed E-state index contributed by atoms with van der Waals surface area (Å²) < 4.78 is 23.9. The van der Waals surface area contributed by atoms with Crippen molar-refractivity contribution < 1.29 is 13.2 Å². The third-order valence-corrected chi connectivity index (χ3v) is 4.32. The molecule has 7 heteroatoms. The van der Waals surface area contributed by atoms with Crippen molar-refractivity contribution in [1.82, 2.24) is 5.32 Å². The Kier molecular flexibility index (Phi) is 5.03. The van der Waals surface area contributed by atoms with E-state index in [1.54, 1.807) is 6.92 Å². The van der Waals surface area contributed by atoms with Gasteiger partial charge in [-0.2, -0.15) is 5.26 Å². The first kappa shape index (κ1) is 15.1. The van der Waals surface area contributed by atoms with Crippen LogP contribution in [0.3, 0.4) is 0 Å². The maximum absolute atomic E-state index is 11.9. The first-order chi connectivity index (χ1) is 8.86. The number of benzene rings is 1. The van der Waals surface area contributed by atoms with Gasteiger partial charge in [0.25, 0.3) is 0 Å². The van der Waals surface area contributed by atoms with Crippen LogP contribution in [0.1, 0.15) is 12.5 Å². The normalized spacial score (nSPS) is 12.6. The number of sulfone groups is 1. The summed E-state index contributed by atoms with van der Waals surface area (Å²) in [7, 11) is -3.43. The smallest absolute Gasteiger partial charge is 0.234 e. The summed E-state index contributed by atoms with van der Waals surface area (Å²) in [5, 5.41) is 11.4. The van der Waals surface area contributed by atoms with Crippen LogP contribution < -0.4 is 11.1 Å². The second kappa shape index (κ2) is 6.31. The van der Waals surface area contributed by atoms with Gasteiger partial charge in [0.15, 0.2) is 9.84 Å². The summed E-state index contributed by atoms with van der Waals surface area (Å²) in [4.78, 5) is 10.9. The minimum Gasteiger partial charge on any atom is -0.368 e. The lowest BCUT2D eigenvalue weighted by Crippen LogP contribution is -2.40. The molecule has 0 fully saturated rings. The molecule has 0 aliphatic rings. The summed E-state index contributed by atoms with van der Waals surface area (Å²) in [5.41, 5.74) is 5.45. The van der Waals surface area contributed by atoms with E-state index in [0.29, 0.717) is 5.56 Å². The largest absolute Gasteiger partial charge is 0.368 e. The summed E-state index contributed by atoms with van der Waals surface area (Å²) in [6, 6.07) is 7.03. The van der Waals surface area contributed by atoms with Crippen molar-refractivity contribution in [3.63, 3.8) is 0 Å². The molecule has 1 atom stereocenters. The Hall–Kier alpha value is -1.91. The van der Waals surface area contributed by atoms with Crippen LogP contribution in [-0.4, -0.2) is 32.7 Å². The highest BCUT2D eigenvalue weighted by Gasteiger charge is 2.15. The Labute approximate surface area is 112 Å². The van der Waals surface area contributed by atoms with Crippen LogP contribution in [0.2, 0.25) is 0 Å². The van der Waals surface area contributed by atoms with E-state index in [0.717, 1.165) is 0 Å². The Morgan fingerprint density at radius 1 is 1.42 bits per heavy atom. The molecule has 1 rings (SSSR count). The zero-order valence-electron chi connectivity index (χ0n) is 10.5. The summed E-state index contributed by atoms with van der Waals surface area (Å²) >= 11 is 0. The molecular weight excluding hydrogens is 266 g/mol. The van der Waals surface area contributed by atoms with E-state index in [1.165, 1.54) is 24.3 Å². The maximum Gasteiger partial charge on any atom is 0.234 e. The number of hydrogen-bond acceptors (Lipinski definition) is 5. The molecule has 1 aromatic rings. The lowest BCUT2D eigenvalue weighted by atomic mass is 10.2. The van der Waals surface area contributed by atoms with Crippen LogP contribution >= 0.6 is 0 Å². The van der Waals surface area contributed by atoms with E-state index in [4.69, 9.17) is 11.0 Å². The third-order valence-electron chi connectivity index (χ3n) is 2.59. The van der Waals surface area contributed by atoms with Crippen LogP contribution in [0.5, 0.6) is 0 Å². The van der Waals surface area contributed by atoms with E-state index in [1.807, 2.05) is 6.07 Å². The summed E-state index contributed by atoms with van der Waals surface area (Å²) in [6.45, 7) is 1.70. The molecule has 102 valence electrons. The SMILES string of the molecule is CC(NCCS(=O)(=O)c1ccc(C#N)cc1)C(N)=O. The predicted octanol–water partition coefficient (Wildman–Crippen LogP) is -0.205. The van der Waals surface area contributed by atoms with Crippen LogP contribution in [0.15, 0.2) is 29.2 Å². The number of primary amides is 1. The van der Waals surface area contributed by atoms with Gasteiger partial charge in [-0.25, -0.2) is 8.42 Å². The fourth-order valence-electron chi connectivity index (χ4n) is 1.37. The molecule has 0 spiro atoms. The lowest BCUT2D eigenvalue weighted by molar-refractivity contribution is -0.119. The number of nitrogens with one attached hydrogen (secondary N) is 1. The Bertz CT molecular complexity index is 588. The molecule has 19 heavy (non-hydrogen) atoms. The van der Waals surface area contributed by atoms with Gasteiger partial charge in [0.2, 0.25) is 5.91 Å². The molecule has 0 radical (unpaired) electrons. The average molecular weight is 281 g/mol. The van der Waals surface area contributed by atoms with E-state index in [-0.39, 0.29) is 17.2 Å². The molecular formula is C12H15N3O3S. The summed E-state index contributed by atoms with van der Waals surface area (Å²) in [6.07, 6.45) is 0. The summed E-state index contributed by atoms with van der Waals surface area (Å²) in [5.74, 6) is -0.674. The van der Waals surface area contributed by atoms with Crippen LogP contribution in [0.25, 0.3) is 0 Å². The molecule has 0 saturated heterocycles. The molecule has 0 heterocycles. The minimum absolute atomic E-state index is 0.131. The van der Waals surface area contributed by atoms with Gasteiger partial charge in [-0.15, -0.1) is 0 Å². The average Bonchev–Trinajstić information content (AvgIpc) is 2.38. The number of nitriles is 1. The van der Waals surface area contributed by atoms with Gasteiger partial charge in [0.1, 0.15) is 0 Å². The quantitative estimate of drug-likeness (QED) is 0.749. The minimum atomic E-state index is -3.43. The van der Waals surface area contributed by atoms with Crippen LogP contribution in [-0.2, 0) is 14.6 Å². The molecule has 6 nitrogen and oxygen atoms in total. The number of rotatable bonds is 6. The van der Waals surface area contributed by atoms with Crippen molar-refractivity contribution in [2.45, 2.75) is 17.9 Å². The zero-order valence-corrected chi connectivity index (χ0v) is 11.3. The highest BCUT2D eigenvalue weighted by molar-refractivity contribution is 7.91. The zero-order chi connectivity index (χ0) is 14.5. The van der Waals surface area contributed by atoms with Gasteiger partial charge >= 0.3 is 0 Å². The van der Waals surface area contributed by atoms with Crippen molar-refractivity contribution in [3.05, 3.63) is 29.8 Å². The molecule has 0 bridgehead atoms. The molecule has 1 amide bonds. The van der Waals surface area contributed by atoms with Crippen molar-refractivity contribution in [2.75, 3.05) is 12.3 Å². The Morgan fingerprint density at radius 2 is 2.00 bits per heavy atom. The number of amides is 1. The Balaban J connectivity index is 2.66. The number of nitrogens with two attached hydrogens (primary N) is 1. The first-order valence-corrected chi connectivity index (χ1v) is 7.27. The fourth-order valence-corrected chi connectivity index (χ4v) is 2.54. The van der Waals surface area contributed by atoms with E-state index in [9.17, 15) is 13.2 Å². The lowest BCUT2D eigenvalue weighted by Gasteiger charge is -2.10. The van der Waals surface area contributed by atoms with E-state index in [2.05, 4.69) is 5.32 Å². The molecule has 1 unspecified atom stereocenters. The molecule has 0 saturated carbocycles. The van der Waals surface area contributed by atoms with Crippen molar-refractivity contribution in [1.29, 1.82) is 5.26 Å². The predicted molar refractivity (Wildman–Crippen MR) is 69.9 cm³/mol. The third kappa shape index (κ3) is 4.35. The molecule has 1 aromatic carbocycles. The van der Waals surface area contributed by atoms with Crippen LogP contribution in [0, 0.1) is 11.3 Å². The standard InChI is InChI=1S/C12H15N3O3S/c1-9(12(14)16)15-6-7-19(17,18)11-4-2-10(8-13)3-5-11/h2-5,9,15H,6-7H2,1H3,(H2,14,16). The van der Waals surface area contributed by atoms with E-state index >= 15 is 0 Å². The van der Waals surface area contributed by atoms with Crippen molar-refractivity contribution in [3.8, 4) is 6.07 Å². The van der Waals surface area contributed by atoms with Gasteiger partial charge in [-0.3, -0.25) is 4.79 Å². The van der Waals surface area contributed by atoms with Crippen molar-refractivity contribution in [2.24, 2.45) is 5.73 Å². The van der Waals surface area contributed by atoms with Gasteiger partial charge in [-0.1, -0.05) is 0 Å². The first-order valence-electron chi connectivity index (χ1n) is 5.62. The van der Waals surface area contributed by atoms with Gasteiger partial charge in [0.05, 0.1) is 28.3 Å². The molecule has 0 aliphatic heterocycles.